The number of likely N-dealkylation sites (tertiary alicyclic amines) is 1. The fraction of sp³-hybridized carbons (Fsp3) is 0.545. The van der Waals surface area contributed by atoms with Crippen molar-refractivity contribution in [1.29, 1.82) is 0 Å². The van der Waals surface area contributed by atoms with Crippen molar-refractivity contribution in [2.45, 2.75) is 31.2 Å². The third kappa shape index (κ3) is 2.23. The molecule has 1 aromatic heterocycles. The fourth-order valence-electron chi connectivity index (χ4n) is 2.11. The standard InChI is InChI=1S/C11H11F4NOS/c12-9(13)11(14,15)10(17)16-4-1-2-8(16)7-3-5-18-6-7/h3,5-6,8-9H,1-2,4H2. The van der Waals surface area contributed by atoms with Crippen molar-refractivity contribution >= 4 is 17.2 Å². The molecule has 7 heteroatoms. The van der Waals surface area contributed by atoms with Crippen LogP contribution < -0.4 is 0 Å². The molecule has 1 saturated heterocycles. The molecule has 0 radical (unpaired) electrons. The highest BCUT2D eigenvalue weighted by molar-refractivity contribution is 7.07. The highest BCUT2D eigenvalue weighted by atomic mass is 32.1. The van der Waals surface area contributed by atoms with Crippen LogP contribution in [0.2, 0.25) is 0 Å². The summed E-state index contributed by atoms with van der Waals surface area (Å²) < 4.78 is 50.5. The van der Waals surface area contributed by atoms with Crippen LogP contribution in [0.1, 0.15) is 24.4 Å². The van der Waals surface area contributed by atoms with Crippen molar-refractivity contribution < 1.29 is 22.4 Å². The Kier molecular flexibility index (Phi) is 3.61. The van der Waals surface area contributed by atoms with E-state index in [0.29, 0.717) is 12.8 Å². The smallest absolute Gasteiger partial charge is 0.330 e. The molecule has 0 spiro atoms. The number of carbonyl (C=O) groups is 1. The molecule has 2 rings (SSSR count). The van der Waals surface area contributed by atoms with Crippen LogP contribution in [-0.2, 0) is 4.79 Å². The molecule has 2 nitrogen and oxygen atoms in total. The molecule has 0 aromatic carbocycles. The van der Waals surface area contributed by atoms with Gasteiger partial charge in [-0.1, -0.05) is 0 Å². The van der Waals surface area contributed by atoms with Gasteiger partial charge in [0, 0.05) is 6.54 Å². The molecule has 0 bridgehead atoms. The summed E-state index contributed by atoms with van der Waals surface area (Å²) in [6, 6.07) is 1.22. The van der Waals surface area contributed by atoms with Gasteiger partial charge in [-0.25, -0.2) is 8.78 Å². The van der Waals surface area contributed by atoms with Crippen LogP contribution in [0.3, 0.4) is 0 Å². The van der Waals surface area contributed by atoms with E-state index in [0.717, 1.165) is 10.5 Å². The number of nitrogens with zero attached hydrogens (tertiary/aromatic N) is 1. The summed E-state index contributed by atoms with van der Waals surface area (Å²) in [4.78, 5) is 12.4. The summed E-state index contributed by atoms with van der Waals surface area (Å²) in [5, 5.41) is 3.51. The Bertz CT molecular complexity index is 421. The zero-order valence-electron chi connectivity index (χ0n) is 9.28. The van der Waals surface area contributed by atoms with Gasteiger partial charge in [-0.05, 0) is 35.2 Å². The summed E-state index contributed by atoms with van der Waals surface area (Å²) in [5.41, 5.74) is 0.732. The lowest BCUT2D eigenvalue weighted by molar-refractivity contribution is -0.181. The highest BCUT2D eigenvalue weighted by Gasteiger charge is 2.53. The van der Waals surface area contributed by atoms with Crippen LogP contribution in [-0.4, -0.2) is 29.7 Å². The van der Waals surface area contributed by atoms with Gasteiger partial charge in [-0.3, -0.25) is 4.79 Å². The predicted molar refractivity (Wildman–Crippen MR) is 59.0 cm³/mol. The van der Waals surface area contributed by atoms with Gasteiger partial charge in [0.1, 0.15) is 0 Å². The SMILES string of the molecule is O=C(N1CCCC1c1ccsc1)C(F)(F)C(F)F. The van der Waals surface area contributed by atoms with Crippen molar-refractivity contribution in [2.75, 3.05) is 6.54 Å². The van der Waals surface area contributed by atoms with E-state index in [9.17, 15) is 22.4 Å². The summed E-state index contributed by atoms with van der Waals surface area (Å²) in [7, 11) is 0. The van der Waals surface area contributed by atoms with E-state index in [1.165, 1.54) is 11.3 Å². The monoisotopic (exact) mass is 281 g/mol. The number of alkyl halides is 4. The quantitative estimate of drug-likeness (QED) is 0.778. The number of thiophene rings is 1. The van der Waals surface area contributed by atoms with E-state index in [1.807, 2.05) is 0 Å². The maximum Gasteiger partial charge on any atom is 0.383 e. The first-order valence-electron chi connectivity index (χ1n) is 5.43. The Morgan fingerprint density at radius 3 is 2.78 bits per heavy atom. The van der Waals surface area contributed by atoms with Gasteiger partial charge in [0.25, 0.3) is 5.91 Å². The van der Waals surface area contributed by atoms with Crippen molar-refractivity contribution in [1.82, 2.24) is 4.90 Å². The molecule has 1 aliphatic heterocycles. The van der Waals surface area contributed by atoms with Gasteiger partial charge < -0.3 is 4.90 Å². The second-order valence-corrected chi connectivity index (χ2v) is 4.92. The molecule has 0 N–H and O–H groups in total. The van der Waals surface area contributed by atoms with Crippen molar-refractivity contribution in [3.8, 4) is 0 Å². The minimum absolute atomic E-state index is 0.0989. The van der Waals surface area contributed by atoms with Gasteiger partial charge in [-0.2, -0.15) is 20.1 Å². The molecule has 1 unspecified atom stereocenters. The number of halogens is 4. The van der Waals surface area contributed by atoms with Crippen molar-refractivity contribution in [3.05, 3.63) is 22.4 Å². The molecule has 0 saturated carbocycles. The molecule has 18 heavy (non-hydrogen) atoms. The second-order valence-electron chi connectivity index (χ2n) is 4.14. The summed E-state index contributed by atoms with van der Waals surface area (Å²) in [6.45, 7) is 0.0989. The maximum atomic E-state index is 13.1. The van der Waals surface area contributed by atoms with Crippen LogP contribution in [0.15, 0.2) is 16.8 Å². The Labute approximate surface area is 105 Å². The van der Waals surface area contributed by atoms with Crippen LogP contribution in [0.4, 0.5) is 17.6 Å². The summed E-state index contributed by atoms with van der Waals surface area (Å²) >= 11 is 1.38. The third-order valence-electron chi connectivity index (χ3n) is 3.00. The zero-order valence-corrected chi connectivity index (χ0v) is 10.1. The number of carbonyl (C=O) groups excluding carboxylic acids is 1. The molecule has 2 heterocycles. The Morgan fingerprint density at radius 2 is 2.22 bits per heavy atom. The van der Waals surface area contributed by atoms with Crippen LogP contribution in [0, 0.1) is 0 Å². The average Bonchev–Trinajstić information content (AvgIpc) is 2.97. The van der Waals surface area contributed by atoms with Crippen molar-refractivity contribution in [2.24, 2.45) is 0 Å². The van der Waals surface area contributed by atoms with E-state index < -0.39 is 24.3 Å². The van der Waals surface area contributed by atoms with E-state index in [4.69, 9.17) is 0 Å². The highest BCUT2D eigenvalue weighted by Crippen LogP contribution is 2.37. The molecule has 1 aromatic rings. The topological polar surface area (TPSA) is 20.3 Å². The van der Waals surface area contributed by atoms with E-state index >= 15 is 0 Å². The van der Waals surface area contributed by atoms with Crippen LogP contribution in [0.25, 0.3) is 0 Å². The normalized spacial score (nSPS) is 20.7. The van der Waals surface area contributed by atoms with Gasteiger partial charge >= 0.3 is 12.3 Å². The lowest BCUT2D eigenvalue weighted by Crippen LogP contribution is -2.47. The molecule has 100 valence electrons. The number of rotatable bonds is 3. The second kappa shape index (κ2) is 4.87. The Morgan fingerprint density at radius 1 is 1.50 bits per heavy atom. The largest absolute Gasteiger partial charge is 0.383 e. The van der Waals surface area contributed by atoms with Crippen molar-refractivity contribution in [3.63, 3.8) is 0 Å². The zero-order chi connectivity index (χ0) is 13.3. The number of amides is 1. The summed E-state index contributed by atoms with van der Waals surface area (Å²) in [5.74, 6) is -6.37. The van der Waals surface area contributed by atoms with Gasteiger partial charge in [-0.15, -0.1) is 0 Å². The lowest BCUT2D eigenvalue weighted by Gasteiger charge is -2.27. The molecular formula is C11H11F4NOS. The molecule has 1 aliphatic rings. The molecule has 0 aliphatic carbocycles. The lowest BCUT2D eigenvalue weighted by atomic mass is 10.1. The van der Waals surface area contributed by atoms with Crippen LogP contribution >= 0.6 is 11.3 Å². The Hall–Kier alpha value is -1.11. The first kappa shape index (κ1) is 13.3. The maximum absolute atomic E-state index is 13.1. The number of hydrogen-bond donors (Lipinski definition) is 0. The van der Waals surface area contributed by atoms with Gasteiger partial charge in [0.15, 0.2) is 0 Å². The van der Waals surface area contributed by atoms with E-state index in [-0.39, 0.29) is 6.54 Å². The first-order valence-corrected chi connectivity index (χ1v) is 6.38. The minimum Gasteiger partial charge on any atom is -0.330 e. The number of hydrogen-bond acceptors (Lipinski definition) is 2. The third-order valence-corrected chi connectivity index (χ3v) is 3.70. The fourth-order valence-corrected chi connectivity index (χ4v) is 2.81. The molecule has 1 fully saturated rings. The average molecular weight is 281 g/mol. The molecular weight excluding hydrogens is 270 g/mol. The first-order chi connectivity index (χ1) is 8.44. The van der Waals surface area contributed by atoms with E-state index in [1.54, 1.807) is 16.8 Å². The Balaban J connectivity index is 2.20. The van der Waals surface area contributed by atoms with Crippen LogP contribution in [0.5, 0.6) is 0 Å². The minimum atomic E-state index is -4.60. The molecule has 1 atom stereocenters. The summed E-state index contributed by atoms with van der Waals surface area (Å²) in [6.07, 6.45) is -2.89. The predicted octanol–water partition coefficient (Wildman–Crippen LogP) is 3.31. The van der Waals surface area contributed by atoms with Gasteiger partial charge in [0.2, 0.25) is 0 Å². The van der Waals surface area contributed by atoms with Gasteiger partial charge in [0.05, 0.1) is 6.04 Å². The van der Waals surface area contributed by atoms with E-state index in [2.05, 4.69) is 0 Å². The molecule has 1 amide bonds.